The van der Waals surface area contributed by atoms with Crippen LogP contribution < -0.4 is 4.72 Å². The number of nitrogens with zero attached hydrogens (tertiary/aromatic N) is 2. The number of ether oxygens (including phenoxy) is 1. The first-order valence-electron chi connectivity index (χ1n) is 8.00. The molecule has 1 unspecified atom stereocenters. The van der Waals surface area contributed by atoms with Gasteiger partial charge in [-0.2, -0.15) is 5.10 Å². The van der Waals surface area contributed by atoms with Crippen LogP contribution in [0.2, 0.25) is 0 Å². The van der Waals surface area contributed by atoms with Gasteiger partial charge >= 0.3 is 0 Å². The summed E-state index contributed by atoms with van der Waals surface area (Å²) < 4.78 is 60.7. The molecular weight excluding hydrogens is 352 g/mol. The normalized spacial score (nSPS) is 18.2. The monoisotopic (exact) mass is 371 g/mol. The Morgan fingerprint density at radius 2 is 2.16 bits per heavy atom. The molecule has 3 rings (SSSR count). The smallest absolute Gasteiger partial charge is 0.237 e. The third-order valence-corrected chi connectivity index (χ3v) is 5.16. The average Bonchev–Trinajstić information content (AvgIpc) is 2.97. The van der Waals surface area contributed by atoms with E-state index in [1.165, 1.54) is 6.20 Å². The number of hydrogen-bond acceptors (Lipinski definition) is 4. The maximum absolute atomic E-state index is 13.6. The van der Waals surface area contributed by atoms with Crippen molar-refractivity contribution >= 4 is 15.7 Å². The largest absolute Gasteiger partial charge is 0.376 e. The quantitative estimate of drug-likeness (QED) is 0.847. The van der Waals surface area contributed by atoms with Crippen molar-refractivity contribution in [1.82, 2.24) is 9.78 Å². The van der Waals surface area contributed by atoms with Crippen molar-refractivity contribution in [1.29, 1.82) is 0 Å². The van der Waals surface area contributed by atoms with Gasteiger partial charge in [-0.05, 0) is 37.5 Å². The van der Waals surface area contributed by atoms with E-state index >= 15 is 0 Å². The van der Waals surface area contributed by atoms with Gasteiger partial charge in [-0.1, -0.05) is 0 Å². The Hall–Kier alpha value is -2.00. The fraction of sp³-hybridized carbons (Fsp3) is 0.438. The highest BCUT2D eigenvalue weighted by Gasteiger charge is 2.18. The predicted octanol–water partition coefficient (Wildman–Crippen LogP) is 2.67. The van der Waals surface area contributed by atoms with E-state index in [0.717, 1.165) is 44.1 Å². The zero-order valence-corrected chi connectivity index (χ0v) is 14.3. The first kappa shape index (κ1) is 17.8. The van der Waals surface area contributed by atoms with Gasteiger partial charge in [0.1, 0.15) is 11.6 Å². The first-order chi connectivity index (χ1) is 11.9. The fourth-order valence-corrected chi connectivity index (χ4v) is 3.92. The van der Waals surface area contributed by atoms with Gasteiger partial charge in [0.25, 0.3) is 0 Å². The molecule has 9 heteroatoms. The second-order valence-corrected chi connectivity index (χ2v) is 7.76. The number of sulfonamides is 1. The zero-order chi connectivity index (χ0) is 17.9. The van der Waals surface area contributed by atoms with Gasteiger partial charge in [0.05, 0.1) is 30.3 Å². The van der Waals surface area contributed by atoms with E-state index in [1.807, 2.05) is 0 Å². The molecular formula is C16H19F2N3O3S. The molecule has 1 fully saturated rings. The molecule has 2 aromatic rings. The summed E-state index contributed by atoms with van der Waals surface area (Å²) in [6.07, 6.45) is 6.10. The molecule has 1 saturated heterocycles. The van der Waals surface area contributed by atoms with Crippen molar-refractivity contribution in [2.24, 2.45) is 0 Å². The molecule has 0 bridgehead atoms. The van der Waals surface area contributed by atoms with Gasteiger partial charge in [0, 0.05) is 18.4 Å². The van der Waals surface area contributed by atoms with Crippen LogP contribution in [0, 0.1) is 11.6 Å². The van der Waals surface area contributed by atoms with Crippen molar-refractivity contribution in [3.63, 3.8) is 0 Å². The van der Waals surface area contributed by atoms with Gasteiger partial charge in [0.2, 0.25) is 10.0 Å². The van der Waals surface area contributed by atoms with E-state index in [9.17, 15) is 17.2 Å². The Kier molecular flexibility index (Phi) is 5.33. The number of halogens is 2. The summed E-state index contributed by atoms with van der Waals surface area (Å²) >= 11 is 0. The summed E-state index contributed by atoms with van der Waals surface area (Å²) in [4.78, 5) is 0. The van der Waals surface area contributed by atoms with Gasteiger partial charge in [0.15, 0.2) is 0 Å². The Bertz CT molecular complexity index is 833. The van der Waals surface area contributed by atoms with Crippen molar-refractivity contribution in [3.8, 4) is 0 Å². The van der Waals surface area contributed by atoms with Gasteiger partial charge in [-0.25, -0.2) is 17.2 Å². The van der Waals surface area contributed by atoms with Crippen LogP contribution in [0.5, 0.6) is 0 Å². The fourth-order valence-electron chi connectivity index (χ4n) is 2.75. The maximum Gasteiger partial charge on any atom is 0.237 e. The number of hydrogen-bond donors (Lipinski definition) is 1. The third-order valence-electron chi connectivity index (χ3n) is 3.92. The van der Waals surface area contributed by atoms with E-state index < -0.39 is 27.4 Å². The van der Waals surface area contributed by atoms with Gasteiger partial charge in [-0.15, -0.1) is 0 Å². The molecule has 1 aromatic heterocycles. The molecule has 136 valence electrons. The highest BCUT2D eigenvalue weighted by molar-refractivity contribution is 7.91. The van der Waals surface area contributed by atoms with Crippen LogP contribution in [-0.2, 0) is 27.1 Å². The second-order valence-electron chi connectivity index (χ2n) is 6.04. The van der Waals surface area contributed by atoms with Crippen LogP contribution in [0.1, 0.15) is 24.8 Å². The van der Waals surface area contributed by atoms with E-state index in [4.69, 9.17) is 4.74 Å². The lowest BCUT2D eigenvalue weighted by atomic mass is 10.1. The summed E-state index contributed by atoms with van der Waals surface area (Å²) in [5.41, 5.74) is 0.0446. The number of anilines is 1. The molecule has 2 heterocycles. The molecule has 0 amide bonds. The van der Waals surface area contributed by atoms with Crippen LogP contribution in [0.3, 0.4) is 0 Å². The molecule has 1 N–H and O–H groups in total. The first-order valence-corrected chi connectivity index (χ1v) is 9.65. The minimum absolute atomic E-state index is 0.0690. The lowest BCUT2D eigenvalue weighted by Crippen LogP contribution is -2.24. The average molecular weight is 371 g/mol. The molecule has 1 atom stereocenters. The molecule has 1 aliphatic rings. The third kappa shape index (κ3) is 4.99. The standard InChI is InChI=1S/C16H19F2N3O3S/c17-13-4-5-16(18)12(7-13)11-25(22,23)20-14-8-19-21(9-14)10-15-3-1-2-6-24-15/h4-5,7-9,15,20H,1-3,6,10-11H2. The van der Waals surface area contributed by atoms with Crippen molar-refractivity contribution in [2.45, 2.75) is 37.7 Å². The Labute approximate surface area is 144 Å². The predicted molar refractivity (Wildman–Crippen MR) is 88.4 cm³/mol. The van der Waals surface area contributed by atoms with Gasteiger partial charge in [-0.3, -0.25) is 9.40 Å². The van der Waals surface area contributed by atoms with Gasteiger partial charge < -0.3 is 4.74 Å². The molecule has 6 nitrogen and oxygen atoms in total. The van der Waals surface area contributed by atoms with Crippen LogP contribution in [0.25, 0.3) is 0 Å². The number of benzene rings is 1. The summed E-state index contributed by atoms with van der Waals surface area (Å²) in [5.74, 6) is -2.11. The van der Waals surface area contributed by atoms with Crippen molar-refractivity contribution < 1.29 is 21.9 Å². The highest BCUT2D eigenvalue weighted by atomic mass is 32.2. The van der Waals surface area contributed by atoms with Crippen LogP contribution in [0.15, 0.2) is 30.6 Å². The topological polar surface area (TPSA) is 73.2 Å². The van der Waals surface area contributed by atoms with Crippen LogP contribution in [0.4, 0.5) is 14.5 Å². The SMILES string of the molecule is O=S(=O)(Cc1cc(F)ccc1F)Nc1cnn(CC2CCCCO2)c1. The number of nitrogens with one attached hydrogen (secondary N) is 1. The molecule has 0 saturated carbocycles. The lowest BCUT2D eigenvalue weighted by molar-refractivity contribution is 0.00401. The van der Waals surface area contributed by atoms with E-state index in [2.05, 4.69) is 9.82 Å². The summed E-state index contributed by atoms with van der Waals surface area (Å²) in [6, 6.07) is 2.72. The second kappa shape index (κ2) is 7.49. The molecule has 1 aliphatic heterocycles. The Morgan fingerprint density at radius 1 is 1.32 bits per heavy atom. The van der Waals surface area contributed by atoms with Crippen LogP contribution >= 0.6 is 0 Å². The lowest BCUT2D eigenvalue weighted by Gasteiger charge is -2.22. The summed E-state index contributed by atoms with van der Waals surface area (Å²) in [6.45, 7) is 1.27. The Balaban J connectivity index is 1.63. The van der Waals surface area contributed by atoms with E-state index in [1.54, 1.807) is 10.9 Å². The molecule has 0 radical (unpaired) electrons. The summed E-state index contributed by atoms with van der Waals surface area (Å²) in [7, 11) is -3.89. The molecule has 0 aliphatic carbocycles. The summed E-state index contributed by atoms with van der Waals surface area (Å²) in [5, 5.41) is 4.11. The molecule has 25 heavy (non-hydrogen) atoms. The molecule has 0 spiro atoms. The highest BCUT2D eigenvalue weighted by Crippen LogP contribution is 2.18. The minimum Gasteiger partial charge on any atom is -0.376 e. The number of aromatic nitrogens is 2. The van der Waals surface area contributed by atoms with Crippen LogP contribution in [-0.4, -0.2) is 30.9 Å². The van der Waals surface area contributed by atoms with E-state index in [0.29, 0.717) is 6.54 Å². The van der Waals surface area contributed by atoms with Crippen molar-refractivity contribution in [3.05, 3.63) is 47.8 Å². The van der Waals surface area contributed by atoms with E-state index in [-0.39, 0.29) is 17.4 Å². The number of rotatable bonds is 6. The van der Waals surface area contributed by atoms with Crippen molar-refractivity contribution in [2.75, 3.05) is 11.3 Å². The maximum atomic E-state index is 13.6. The Morgan fingerprint density at radius 3 is 2.92 bits per heavy atom. The zero-order valence-electron chi connectivity index (χ0n) is 13.5. The molecule has 1 aromatic carbocycles. The minimum atomic E-state index is -3.89.